The van der Waals surface area contributed by atoms with Crippen molar-refractivity contribution in [3.8, 4) is 5.75 Å². The molecule has 0 spiro atoms. The number of phenols is 1. The van der Waals surface area contributed by atoms with Gasteiger partial charge in [0.15, 0.2) is 5.60 Å². The Morgan fingerprint density at radius 2 is 1.76 bits per heavy atom. The van der Waals surface area contributed by atoms with Crippen LogP contribution >= 0.6 is 0 Å². The highest BCUT2D eigenvalue weighted by Gasteiger charge is 2.66. The molecular weight excluding hydrogens is 496 g/mol. The summed E-state index contributed by atoms with van der Waals surface area (Å²) in [5.41, 5.74) is -3.32. The van der Waals surface area contributed by atoms with Gasteiger partial charge in [0.2, 0.25) is 5.91 Å². The zero-order chi connectivity index (χ0) is 28.6. The van der Waals surface area contributed by atoms with Crippen molar-refractivity contribution >= 4 is 17.7 Å². The quantitative estimate of drug-likeness (QED) is 0.438. The molecule has 3 amide bonds. The maximum Gasteiger partial charge on any atom is 0.272 e. The molecule has 0 radical (unpaired) electrons. The number of hydrogen-bond acceptors (Lipinski definition) is 5. The van der Waals surface area contributed by atoms with E-state index in [9.17, 15) is 24.6 Å². The van der Waals surface area contributed by atoms with Crippen LogP contribution in [-0.2, 0) is 15.2 Å². The van der Waals surface area contributed by atoms with Gasteiger partial charge in [0.1, 0.15) is 11.8 Å². The third-order valence-corrected chi connectivity index (χ3v) is 7.45. The van der Waals surface area contributed by atoms with E-state index in [-0.39, 0.29) is 23.4 Å². The number of aryl methyl sites for hydroxylation is 1. The second-order valence-corrected chi connectivity index (χ2v) is 10.4. The van der Waals surface area contributed by atoms with Crippen molar-refractivity contribution in [2.24, 2.45) is 5.41 Å². The lowest BCUT2D eigenvalue weighted by Crippen LogP contribution is -2.61. The molecule has 1 aliphatic heterocycles. The van der Waals surface area contributed by atoms with Crippen molar-refractivity contribution in [1.82, 2.24) is 15.5 Å². The first-order valence-corrected chi connectivity index (χ1v) is 12.4. The second-order valence-electron chi connectivity index (χ2n) is 10.4. The number of carbonyl (C=O) groups excluding carboxylic acids is 3. The van der Waals surface area contributed by atoms with Crippen molar-refractivity contribution in [3.63, 3.8) is 0 Å². The Hall–Kier alpha value is -3.53. The number of alkyl halides is 2. The number of hydrogen-bond donors (Lipinski definition) is 4. The molecule has 0 saturated carbocycles. The zero-order valence-electron chi connectivity index (χ0n) is 22.4. The second kappa shape index (κ2) is 10.3. The van der Waals surface area contributed by atoms with Gasteiger partial charge in [0, 0.05) is 17.7 Å². The Morgan fingerprint density at radius 3 is 2.34 bits per heavy atom. The van der Waals surface area contributed by atoms with E-state index in [1.165, 1.54) is 39.0 Å². The van der Waals surface area contributed by atoms with Gasteiger partial charge in [-0.25, -0.2) is 8.78 Å². The number of rotatable bonds is 7. The van der Waals surface area contributed by atoms with Crippen LogP contribution in [0.4, 0.5) is 8.78 Å². The molecule has 1 heterocycles. The highest BCUT2D eigenvalue weighted by atomic mass is 19.3. The average Bonchev–Trinajstić information content (AvgIpc) is 3.04. The largest absolute Gasteiger partial charge is 0.508 e. The standard InChI is InChI=1S/C28H35F2N3O5/c1-7-31-24(36)22-26(5,6)27(29,30)15-33(22)25(37)28(38,19-11-9-8-10-12-19)18(4)32-23(35)20-13-16(2)14-21(34)17(20)3/h8-14,18,22,34,38H,7,15H2,1-6H3,(H,31,36)(H,32,35)/t18-,22+,28+/m0/s1. The zero-order valence-corrected chi connectivity index (χ0v) is 22.4. The van der Waals surface area contributed by atoms with E-state index < -0.39 is 53.3 Å². The minimum Gasteiger partial charge on any atom is -0.508 e. The number of carbonyl (C=O) groups is 3. The number of aromatic hydroxyl groups is 1. The lowest BCUT2D eigenvalue weighted by atomic mass is 9.80. The summed E-state index contributed by atoms with van der Waals surface area (Å²) >= 11 is 0. The van der Waals surface area contributed by atoms with Crippen molar-refractivity contribution < 1.29 is 33.4 Å². The summed E-state index contributed by atoms with van der Waals surface area (Å²) < 4.78 is 30.4. The number of halogens is 2. The SMILES string of the molecule is CCNC(=O)[C@H]1N(C(=O)[C@](O)(c2ccccc2)[C@H](C)NC(=O)c2cc(C)cc(O)c2C)CC(F)(F)C1(C)C. The smallest absolute Gasteiger partial charge is 0.272 e. The molecule has 38 heavy (non-hydrogen) atoms. The molecule has 4 N–H and O–H groups in total. The molecule has 1 aliphatic rings. The predicted octanol–water partition coefficient (Wildman–Crippen LogP) is 3.02. The molecule has 10 heteroatoms. The van der Waals surface area contributed by atoms with Crippen LogP contribution in [0.2, 0.25) is 0 Å². The molecule has 3 atom stereocenters. The van der Waals surface area contributed by atoms with Gasteiger partial charge in [0.05, 0.1) is 18.0 Å². The van der Waals surface area contributed by atoms with Crippen LogP contribution in [0, 0.1) is 19.3 Å². The lowest BCUT2D eigenvalue weighted by Gasteiger charge is -2.39. The maximum absolute atomic E-state index is 15.2. The van der Waals surface area contributed by atoms with E-state index in [4.69, 9.17) is 0 Å². The molecule has 0 aromatic heterocycles. The Morgan fingerprint density at radius 1 is 1.16 bits per heavy atom. The van der Waals surface area contributed by atoms with Gasteiger partial charge in [-0.15, -0.1) is 0 Å². The summed E-state index contributed by atoms with van der Waals surface area (Å²) in [6.45, 7) is 7.76. The minimum absolute atomic E-state index is 0.0595. The molecular formula is C28H35F2N3O5. The van der Waals surface area contributed by atoms with Crippen LogP contribution in [0.5, 0.6) is 5.75 Å². The fourth-order valence-electron chi connectivity index (χ4n) is 4.95. The van der Waals surface area contributed by atoms with Gasteiger partial charge in [-0.1, -0.05) is 44.2 Å². The number of nitrogens with zero attached hydrogens (tertiary/aromatic N) is 1. The first-order chi connectivity index (χ1) is 17.6. The van der Waals surface area contributed by atoms with Crippen molar-refractivity contribution in [3.05, 3.63) is 64.7 Å². The fraction of sp³-hybridized carbons (Fsp3) is 0.464. The average molecular weight is 532 g/mol. The minimum atomic E-state index is -3.43. The van der Waals surface area contributed by atoms with Gasteiger partial charge in [0.25, 0.3) is 17.7 Å². The van der Waals surface area contributed by atoms with Crippen LogP contribution in [0.1, 0.15) is 54.7 Å². The van der Waals surface area contributed by atoms with Crippen LogP contribution in [0.3, 0.4) is 0 Å². The van der Waals surface area contributed by atoms with E-state index >= 15 is 8.78 Å². The van der Waals surface area contributed by atoms with E-state index in [1.54, 1.807) is 45.0 Å². The topological polar surface area (TPSA) is 119 Å². The summed E-state index contributed by atoms with van der Waals surface area (Å²) in [6.07, 6.45) is 0. The summed E-state index contributed by atoms with van der Waals surface area (Å²) in [6, 6.07) is 7.84. The van der Waals surface area contributed by atoms with Gasteiger partial charge in [-0.3, -0.25) is 14.4 Å². The molecule has 0 aliphatic carbocycles. The fourth-order valence-corrected chi connectivity index (χ4v) is 4.95. The van der Waals surface area contributed by atoms with E-state index in [0.29, 0.717) is 16.0 Å². The number of benzene rings is 2. The Labute approximate surface area is 221 Å². The van der Waals surface area contributed by atoms with Crippen molar-refractivity contribution in [2.75, 3.05) is 13.1 Å². The van der Waals surface area contributed by atoms with Gasteiger partial charge in [-0.05, 0) is 51.0 Å². The van der Waals surface area contributed by atoms with Gasteiger partial charge >= 0.3 is 0 Å². The van der Waals surface area contributed by atoms with Crippen LogP contribution in [-0.4, -0.2) is 63.9 Å². The Bertz CT molecular complexity index is 1230. The number of amides is 3. The molecule has 2 aromatic carbocycles. The van der Waals surface area contributed by atoms with Crippen LogP contribution in [0.15, 0.2) is 42.5 Å². The number of nitrogens with one attached hydrogen (secondary N) is 2. The first kappa shape index (κ1) is 29.0. The highest BCUT2D eigenvalue weighted by Crippen LogP contribution is 2.49. The lowest BCUT2D eigenvalue weighted by molar-refractivity contribution is -0.160. The predicted molar refractivity (Wildman–Crippen MR) is 138 cm³/mol. The first-order valence-electron chi connectivity index (χ1n) is 12.4. The number of likely N-dealkylation sites (N-methyl/N-ethyl adjacent to an activating group) is 1. The molecule has 0 bridgehead atoms. The molecule has 1 saturated heterocycles. The van der Waals surface area contributed by atoms with E-state index in [1.807, 2.05) is 0 Å². The third-order valence-electron chi connectivity index (χ3n) is 7.45. The molecule has 8 nitrogen and oxygen atoms in total. The Balaban J connectivity index is 2.08. The number of aliphatic hydroxyl groups is 1. The normalized spacial score (nSPS) is 20.3. The number of likely N-dealkylation sites (tertiary alicyclic amines) is 1. The van der Waals surface area contributed by atoms with E-state index in [0.717, 1.165) is 0 Å². The van der Waals surface area contributed by atoms with Crippen molar-refractivity contribution in [2.45, 2.75) is 65.1 Å². The van der Waals surface area contributed by atoms with Crippen molar-refractivity contribution in [1.29, 1.82) is 0 Å². The summed E-state index contributed by atoms with van der Waals surface area (Å²) in [4.78, 5) is 41.0. The van der Waals surface area contributed by atoms with Gasteiger partial charge < -0.3 is 25.7 Å². The molecule has 2 aromatic rings. The van der Waals surface area contributed by atoms with Crippen LogP contribution in [0.25, 0.3) is 0 Å². The maximum atomic E-state index is 15.2. The molecule has 1 fully saturated rings. The summed E-state index contributed by atoms with van der Waals surface area (Å²) in [5.74, 6) is -6.10. The molecule has 3 rings (SSSR count). The Kier molecular flexibility index (Phi) is 7.89. The third kappa shape index (κ3) is 4.84. The highest BCUT2D eigenvalue weighted by molar-refractivity contribution is 5.98. The summed E-state index contributed by atoms with van der Waals surface area (Å²) in [5, 5.41) is 27.3. The number of phenolic OH excluding ortho intramolecular Hbond substituents is 1. The van der Waals surface area contributed by atoms with E-state index in [2.05, 4.69) is 10.6 Å². The monoisotopic (exact) mass is 531 g/mol. The summed E-state index contributed by atoms with van der Waals surface area (Å²) in [7, 11) is 0. The molecule has 206 valence electrons. The van der Waals surface area contributed by atoms with Crippen LogP contribution < -0.4 is 10.6 Å². The molecule has 0 unspecified atom stereocenters. The van der Waals surface area contributed by atoms with Gasteiger partial charge in [-0.2, -0.15) is 0 Å².